The van der Waals surface area contributed by atoms with Gasteiger partial charge in [0.2, 0.25) is 0 Å². The number of aromatic nitrogens is 1. The second-order valence-corrected chi connectivity index (χ2v) is 9.03. The standard InChI is InChI=1S/C23H22ClN3O3S/c1-13-11-15(12-25-26-21(28)16-7-3-5-9-18(16)24)14(2)27(13)22-20(23(29)30)17-8-4-6-10-19(17)31-22/h3,5,7,9,11-12H,4,6,8,10H2,1-2H3,(H,26,28)(H,29,30). The van der Waals surface area contributed by atoms with E-state index in [0.29, 0.717) is 16.1 Å². The molecule has 2 heterocycles. The van der Waals surface area contributed by atoms with Crippen LogP contribution in [-0.4, -0.2) is 27.8 Å². The maximum atomic E-state index is 12.3. The number of halogens is 1. The van der Waals surface area contributed by atoms with Crippen LogP contribution < -0.4 is 5.43 Å². The lowest BCUT2D eigenvalue weighted by atomic mass is 9.95. The summed E-state index contributed by atoms with van der Waals surface area (Å²) in [4.78, 5) is 25.5. The largest absolute Gasteiger partial charge is 0.478 e. The molecule has 1 aliphatic carbocycles. The van der Waals surface area contributed by atoms with Crippen molar-refractivity contribution in [3.8, 4) is 5.00 Å². The zero-order chi connectivity index (χ0) is 22.1. The molecule has 4 rings (SSSR count). The molecule has 0 atom stereocenters. The van der Waals surface area contributed by atoms with Gasteiger partial charge in [-0.15, -0.1) is 11.3 Å². The smallest absolute Gasteiger partial charge is 0.339 e. The van der Waals surface area contributed by atoms with Crippen LogP contribution in [0.25, 0.3) is 5.00 Å². The molecule has 8 heteroatoms. The Balaban J connectivity index is 1.64. The molecule has 160 valence electrons. The molecule has 1 aromatic carbocycles. The molecular weight excluding hydrogens is 434 g/mol. The van der Waals surface area contributed by atoms with Crippen LogP contribution in [0.2, 0.25) is 5.02 Å². The van der Waals surface area contributed by atoms with Crippen molar-refractivity contribution in [1.29, 1.82) is 0 Å². The van der Waals surface area contributed by atoms with Gasteiger partial charge in [0.05, 0.1) is 22.4 Å². The monoisotopic (exact) mass is 455 g/mol. The summed E-state index contributed by atoms with van der Waals surface area (Å²) in [5, 5.41) is 15.1. The van der Waals surface area contributed by atoms with Crippen LogP contribution in [-0.2, 0) is 12.8 Å². The number of hydrazone groups is 1. The highest BCUT2D eigenvalue weighted by Crippen LogP contribution is 2.38. The number of carboxylic acid groups (broad SMARTS) is 1. The van der Waals surface area contributed by atoms with Crippen molar-refractivity contribution in [3.05, 3.63) is 73.9 Å². The minimum absolute atomic E-state index is 0.349. The summed E-state index contributed by atoms with van der Waals surface area (Å²) in [7, 11) is 0. The maximum Gasteiger partial charge on any atom is 0.339 e. The van der Waals surface area contributed by atoms with Crippen molar-refractivity contribution < 1.29 is 14.7 Å². The number of benzene rings is 1. The molecule has 2 N–H and O–H groups in total. The summed E-state index contributed by atoms with van der Waals surface area (Å²) in [5.41, 5.74) is 6.83. The second-order valence-electron chi connectivity index (χ2n) is 7.54. The first-order valence-corrected chi connectivity index (χ1v) is 11.2. The van der Waals surface area contributed by atoms with Gasteiger partial charge >= 0.3 is 5.97 Å². The zero-order valence-electron chi connectivity index (χ0n) is 17.2. The van der Waals surface area contributed by atoms with E-state index in [1.807, 2.05) is 24.5 Å². The van der Waals surface area contributed by atoms with Crippen molar-refractivity contribution >= 4 is 41.0 Å². The van der Waals surface area contributed by atoms with Crippen LogP contribution in [0.4, 0.5) is 0 Å². The van der Waals surface area contributed by atoms with Gasteiger partial charge in [-0.1, -0.05) is 23.7 Å². The Morgan fingerprint density at radius 3 is 2.71 bits per heavy atom. The summed E-state index contributed by atoms with van der Waals surface area (Å²) in [6.07, 6.45) is 5.44. The Morgan fingerprint density at radius 1 is 1.23 bits per heavy atom. The molecule has 31 heavy (non-hydrogen) atoms. The van der Waals surface area contributed by atoms with Gasteiger partial charge in [0, 0.05) is 21.8 Å². The van der Waals surface area contributed by atoms with Crippen LogP contribution >= 0.6 is 22.9 Å². The number of aromatic carboxylic acids is 1. The predicted molar refractivity (Wildman–Crippen MR) is 123 cm³/mol. The number of nitrogens with zero attached hydrogens (tertiary/aromatic N) is 2. The summed E-state index contributed by atoms with van der Waals surface area (Å²) in [6, 6.07) is 8.70. The molecule has 0 radical (unpaired) electrons. The van der Waals surface area contributed by atoms with Gasteiger partial charge in [0.15, 0.2) is 0 Å². The zero-order valence-corrected chi connectivity index (χ0v) is 18.8. The Hall–Kier alpha value is -2.90. The number of thiophene rings is 1. The summed E-state index contributed by atoms with van der Waals surface area (Å²) in [5.74, 6) is -1.28. The second kappa shape index (κ2) is 8.69. The van der Waals surface area contributed by atoms with E-state index in [-0.39, 0.29) is 0 Å². The quantitative estimate of drug-likeness (QED) is 0.412. The van der Waals surface area contributed by atoms with Gasteiger partial charge in [-0.05, 0) is 63.3 Å². The Kier molecular flexibility index (Phi) is 5.98. The van der Waals surface area contributed by atoms with Gasteiger partial charge in [0.25, 0.3) is 5.91 Å². The lowest BCUT2D eigenvalue weighted by Crippen LogP contribution is -2.18. The molecule has 0 spiro atoms. The van der Waals surface area contributed by atoms with Gasteiger partial charge in [-0.2, -0.15) is 5.10 Å². The fourth-order valence-electron chi connectivity index (χ4n) is 4.03. The minimum atomic E-state index is -0.885. The van der Waals surface area contributed by atoms with E-state index in [1.54, 1.807) is 41.8 Å². The molecule has 0 aliphatic heterocycles. The molecule has 2 aromatic heterocycles. The average molecular weight is 456 g/mol. The first kappa shape index (κ1) is 21.3. The third-order valence-corrected chi connectivity index (χ3v) is 7.13. The number of rotatable bonds is 5. The molecule has 1 amide bonds. The predicted octanol–water partition coefficient (Wildman–Crippen LogP) is 5.15. The highest BCUT2D eigenvalue weighted by atomic mass is 35.5. The number of carbonyl (C=O) groups is 2. The molecule has 1 aliphatic rings. The topological polar surface area (TPSA) is 83.7 Å². The van der Waals surface area contributed by atoms with Crippen molar-refractivity contribution in [2.75, 3.05) is 0 Å². The molecule has 0 saturated heterocycles. The van der Waals surface area contributed by atoms with Crippen molar-refractivity contribution in [3.63, 3.8) is 0 Å². The van der Waals surface area contributed by atoms with Crippen molar-refractivity contribution in [2.45, 2.75) is 39.5 Å². The molecule has 0 unspecified atom stereocenters. The first-order valence-electron chi connectivity index (χ1n) is 10.0. The molecular formula is C23H22ClN3O3S. The third kappa shape index (κ3) is 4.03. The number of amides is 1. The highest BCUT2D eigenvalue weighted by molar-refractivity contribution is 7.15. The molecule has 3 aromatic rings. The number of aryl methyl sites for hydroxylation is 2. The molecule has 0 bridgehead atoms. The number of hydrogen-bond donors (Lipinski definition) is 2. The lowest BCUT2D eigenvalue weighted by molar-refractivity contribution is 0.0695. The van der Waals surface area contributed by atoms with E-state index in [0.717, 1.165) is 53.2 Å². The van der Waals surface area contributed by atoms with Crippen LogP contribution in [0.5, 0.6) is 0 Å². The van der Waals surface area contributed by atoms with Gasteiger partial charge in [-0.25, -0.2) is 10.2 Å². The minimum Gasteiger partial charge on any atom is -0.478 e. The molecule has 0 fully saturated rings. The molecule has 0 saturated carbocycles. The van der Waals surface area contributed by atoms with Crippen LogP contribution in [0.3, 0.4) is 0 Å². The summed E-state index contributed by atoms with van der Waals surface area (Å²) < 4.78 is 1.98. The van der Waals surface area contributed by atoms with E-state index >= 15 is 0 Å². The molecule has 6 nitrogen and oxygen atoms in total. The lowest BCUT2D eigenvalue weighted by Gasteiger charge is -2.11. The first-order chi connectivity index (χ1) is 14.9. The number of hydrogen-bond acceptors (Lipinski definition) is 4. The van der Waals surface area contributed by atoms with Crippen LogP contribution in [0.15, 0.2) is 35.4 Å². The van der Waals surface area contributed by atoms with Gasteiger partial charge in [0.1, 0.15) is 5.00 Å². The van der Waals surface area contributed by atoms with Gasteiger partial charge < -0.3 is 9.67 Å². The number of carboxylic acids is 1. The number of carbonyl (C=O) groups excluding carboxylic acids is 1. The Morgan fingerprint density at radius 2 is 1.97 bits per heavy atom. The van der Waals surface area contributed by atoms with E-state index in [4.69, 9.17) is 11.6 Å². The van der Waals surface area contributed by atoms with Crippen LogP contribution in [0, 0.1) is 13.8 Å². The van der Waals surface area contributed by atoms with E-state index in [2.05, 4.69) is 10.5 Å². The fraction of sp³-hybridized carbons (Fsp3) is 0.261. The maximum absolute atomic E-state index is 12.3. The Bertz CT molecular complexity index is 1210. The Labute approximate surface area is 189 Å². The SMILES string of the molecule is Cc1cc(C=NNC(=O)c2ccccc2Cl)c(C)n1-c1sc2c(c1C(=O)O)CCCC2. The van der Waals surface area contributed by atoms with E-state index in [9.17, 15) is 14.7 Å². The summed E-state index contributed by atoms with van der Waals surface area (Å²) >= 11 is 7.62. The van der Waals surface area contributed by atoms with E-state index in [1.165, 1.54) is 4.88 Å². The van der Waals surface area contributed by atoms with Crippen molar-refractivity contribution in [2.24, 2.45) is 5.10 Å². The number of fused-ring (bicyclic) bond motifs is 1. The highest BCUT2D eigenvalue weighted by Gasteiger charge is 2.27. The average Bonchev–Trinajstić information content (AvgIpc) is 3.24. The fourth-order valence-corrected chi connectivity index (χ4v) is 5.74. The number of nitrogens with one attached hydrogen (secondary N) is 1. The van der Waals surface area contributed by atoms with Crippen molar-refractivity contribution in [1.82, 2.24) is 9.99 Å². The summed E-state index contributed by atoms with van der Waals surface area (Å²) in [6.45, 7) is 3.87. The third-order valence-electron chi connectivity index (χ3n) is 5.53. The normalized spacial score (nSPS) is 13.4. The van der Waals surface area contributed by atoms with Crippen LogP contribution in [0.1, 0.15) is 60.9 Å². The van der Waals surface area contributed by atoms with Gasteiger partial charge in [-0.3, -0.25) is 4.79 Å². The van der Waals surface area contributed by atoms with E-state index < -0.39 is 11.9 Å².